The number of carbonyl (C=O) groups is 1. The van der Waals surface area contributed by atoms with Gasteiger partial charge in [0.05, 0.1) is 15.3 Å². The molecule has 0 saturated heterocycles. The zero-order valence-electron chi connectivity index (χ0n) is 8.40. The summed E-state index contributed by atoms with van der Waals surface area (Å²) in [5.41, 5.74) is 0.381. The fraction of sp³-hybridized carbons (Fsp3) is 0.200. The van der Waals surface area contributed by atoms with Crippen molar-refractivity contribution < 1.29 is 9.53 Å². The van der Waals surface area contributed by atoms with Crippen LogP contribution in [-0.4, -0.2) is 17.6 Å². The highest BCUT2D eigenvalue weighted by Crippen LogP contribution is 2.33. The Morgan fingerprint density at radius 3 is 3.00 bits per heavy atom. The number of thiazole rings is 1. The van der Waals surface area contributed by atoms with Gasteiger partial charge in [-0.1, -0.05) is 0 Å². The molecule has 0 N–H and O–H groups in total. The molecule has 2 heterocycles. The first-order valence-corrected chi connectivity index (χ1v) is 7.08. The first-order valence-electron chi connectivity index (χ1n) is 4.59. The molecule has 0 saturated carbocycles. The molecule has 2 aromatic rings. The minimum absolute atomic E-state index is 0.361. The third-order valence-corrected chi connectivity index (χ3v) is 4.41. The van der Waals surface area contributed by atoms with E-state index in [-0.39, 0.29) is 5.97 Å². The van der Waals surface area contributed by atoms with Gasteiger partial charge in [0.1, 0.15) is 5.01 Å². The van der Waals surface area contributed by atoms with Gasteiger partial charge < -0.3 is 4.74 Å². The number of halogens is 1. The Kier molecular flexibility index (Phi) is 3.73. The highest BCUT2D eigenvalue weighted by atomic mass is 79.9. The van der Waals surface area contributed by atoms with Gasteiger partial charge in [0.2, 0.25) is 0 Å². The maximum absolute atomic E-state index is 11.4. The molecular weight excluding hydrogens is 310 g/mol. The number of esters is 1. The lowest BCUT2D eigenvalue weighted by molar-refractivity contribution is 0.0520. The second-order valence-corrected chi connectivity index (χ2v) is 6.18. The molecule has 3 nitrogen and oxygen atoms in total. The van der Waals surface area contributed by atoms with Crippen LogP contribution in [0.1, 0.15) is 17.4 Å². The summed E-state index contributed by atoms with van der Waals surface area (Å²) in [6, 6.07) is 3.94. The number of hydrogen-bond acceptors (Lipinski definition) is 5. The van der Waals surface area contributed by atoms with E-state index in [0.717, 1.165) is 13.7 Å². The standard InChI is InChI=1S/C10H8BrNO2S2/c1-2-14-10(13)6-5-15-9(12-6)7-3-4-8(11)16-7/h3-5H,2H2,1H3. The Bertz CT molecular complexity index is 506. The van der Waals surface area contributed by atoms with E-state index in [9.17, 15) is 4.79 Å². The van der Waals surface area contributed by atoms with Crippen LogP contribution < -0.4 is 0 Å². The Balaban J connectivity index is 2.22. The molecule has 2 rings (SSSR count). The van der Waals surface area contributed by atoms with Gasteiger partial charge in [-0.25, -0.2) is 9.78 Å². The van der Waals surface area contributed by atoms with E-state index in [0.29, 0.717) is 12.3 Å². The molecule has 0 aliphatic heterocycles. The van der Waals surface area contributed by atoms with Crippen molar-refractivity contribution in [2.24, 2.45) is 0 Å². The van der Waals surface area contributed by atoms with Gasteiger partial charge in [0.25, 0.3) is 0 Å². The first-order chi connectivity index (χ1) is 7.70. The van der Waals surface area contributed by atoms with Gasteiger partial charge in [0.15, 0.2) is 5.69 Å². The van der Waals surface area contributed by atoms with E-state index in [1.165, 1.54) is 11.3 Å². The second kappa shape index (κ2) is 5.07. The van der Waals surface area contributed by atoms with Gasteiger partial charge in [-0.05, 0) is 35.0 Å². The smallest absolute Gasteiger partial charge is 0.357 e. The maximum Gasteiger partial charge on any atom is 0.357 e. The van der Waals surface area contributed by atoms with Crippen molar-refractivity contribution in [3.8, 4) is 9.88 Å². The lowest BCUT2D eigenvalue weighted by atomic mass is 10.4. The Labute approximate surface area is 109 Å². The van der Waals surface area contributed by atoms with Crippen LogP contribution in [-0.2, 0) is 4.74 Å². The normalized spacial score (nSPS) is 10.4. The van der Waals surface area contributed by atoms with Gasteiger partial charge in [-0.3, -0.25) is 0 Å². The average Bonchev–Trinajstić information content (AvgIpc) is 2.85. The number of ether oxygens (including phenoxy) is 1. The van der Waals surface area contributed by atoms with Crippen LogP contribution in [0.3, 0.4) is 0 Å². The van der Waals surface area contributed by atoms with E-state index in [2.05, 4.69) is 20.9 Å². The van der Waals surface area contributed by atoms with Crippen molar-refractivity contribution in [3.63, 3.8) is 0 Å². The summed E-state index contributed by atoms with van der Waals surface area (Å²) >= 11 is 6.43. The minimum Gasteiger partial charge on any atom is -0.461 e. The molecule has 0 bridgehead atoms. The number of carbonyl (C=O) groups excluding carboxylic acids is 1. The zero-order valence-corrected chi connectivity index (χ0v) is 11.6. The molecular formula is C10H8BrNO2S2. The van der Waals surface area contributed by atoms with E-state index < -0.39 is 0 Å². The van der Waals surface area contributed by atoms with Gasteiger partial charge in [-0.15, -0.1) is 22.7 Å². The number of nitrogens with zero attached hydrogens (tertiary/aromatic N) is 1. The van der Waals surface area contributed by atoms with E-state index in [4.69, 9.17) is 4.74 Å². The van der Waals surface area contributed by atoms with E-state index >= 15 is 0 Å². The van der Waals surface area contributed by atoms with Crippen LogP contribution in [0.25, 0.3) is 9.88 Å². The van der Waals surface area contributed by atoms with E-state index in [1.807, 2.05) is 12.1 Å². The molecule has 2 aromatic heterocycles. The van der Waals surface area contributed by atoms with Crippen LogP contribution in [0.2, 0.25) is 0 Å². The molecule has 0 amide bonds. The molecule has 0 aliphatic rings. The summed E-state index contributed by atoms with van der Waals surface area (Å²) in [7, 11) is 0. The molecule has 6 heteroatoms. The monoisotopic (exact) mass is 317 g/mol. The molecule has 84 valence electrons. The molecule has 0 spiro atoms. The molecule has 0 aliphatic carbocycles. The van der Waals surface area contributed by atoms with Gasteiger partial charge in [0, 0.05) is 5.38 Å². The molecule has 0 fully saturated rings. The van der Waals surface area contributed by atoms with Crippen molar-refractivity contribution in [2.45, 2.75) is 6.92 Å². The van der Waals surface area contributed by atoms with Gasteiger partial charge in [-0.2, -0.15) is 0 Å². The molecule has 0 unspecified atom stereocenters. The van der Waals surface area contributed by atoms with Crippen molar-refractivity contribution in [3.05, 3.63) is 27.0 Å². The maximum atomic E-state index is 11.4. The second-order valence-electron chi connectivity index (χ2n) is 2.86. The van der Waals surface area contributed by atoms with Crippen molar-refractivity contribution >= 4 is 44.6 Å². The summed E-state index contributed by atoms with van der Waals surface area (Å²) in [6.45, 7) is 2.15. The zero-order chi connectivity index (χ0) is 11.5. The predicted molar refractivity (Wildman–Crippen MR) is 69.1 cm³/mol. The van der Waals surface area contributed by atoms with Gasteiger partial charge >= 0.3 is 5.97 Å². The molecule has 0 radical (unpaired) electrons. The van der Waals surface area contributed by atoms with Crippen molar-refractivity contribution in [1.29, 1.82) is 0 Å². The summed E-state index contributed by atoms with van der Waals surface area (Å²) in [5, 5.41) is 2.57. The van der Waals surface area contributed by atoms with Crippen LogP contribution >= 0.6 is 38.6 Å². The molecule has 0 atom stereocenters. The topological polar surface area (TPSA) is 39.2 Å². The summed E-state index contributed by atoms with van der Waals surface area (Å²) < 4.78 is 5.93. The Hall–Kier alpha value is -0.720. The summed E-state index contributed by atoms with van der Waals surface area (Å²) in [5.74, 6) is -0.361. The minimum atomic E-state index is -0.361. The number of thiophene rings is 1. The lowest BCUT2D eigenvalue weighted by Gasteiger charge is -1.95. The van der Waals surface area contributed by atoms with Crippen LogP contribution in [0.15, 0.2) is 21.3 Å². The Morgan fingerprint density at radius 1 is 1.56 bits per heavy atom. The first kappa shape index (κ1) is 11.8. The summed E-state index contributed by atoms with van der Waals surface area (Å²) in [4.78, 5) is 16.7. The fourth-order valence-corrected chi connectivity index (χ4v) is 3.36. The lowest BCUT2D eigenvalue weighted by Crippen LogP contribution is -2.04. The third-order valence-electron chi connectivity index (χ3n) is 1.77. The fourth-order valence-electron chi connectivity index (χ4n) is 1.11. The average molecular weight is 318 g/mol. The quantitative estimate of drug-likeness (QED) is 0.808. The third kappa shape index (κ3) is 2.50. The van der Waals surface area contributed by atoms with Crippen molar-refractivity contribution in [2.75, 3.05) is 6.61 Å². The SMILES string of the molecule is CCOC(=O)c1csc(-c2ccc(Br)s2)n1. The molecule has 0 aromatic carbocycles. The van der Waals surface area contributed by atoms with Crippen LogP contribution in [0.4, 0.5) is 0 Å². The predicted octanol–water partition coefficient (Wildman–Crippen LogP) is 3.81. The van der Waals surface area contributed by atoms with Crippen LogP contribution in [0, 0.1) is 0 Å². The molecule has 16 heavy (non-hydrogen) atoms. The van der Waals surface area contributed by atoms with Crippen molar-refractivity contribution in [1.82, 2.24) is 4.98 Å². The highest BCUT2D eigenvalue weighted by Gasteiger charge is 2.13. The number of hydrogen-bond donors (Lipinski definition) is 0. The van der Waals surface area contributed by atoms with Crippen LogP contribution in [0.5, 0.6) is 0 Å². The Morgan fingerprint density at radius 2 is 2.38 bits per heavy atom. The largest absolute Gasteiger partial charge is 0.461 e. The summed E-state index contributed by atoms with van der Waals surface area (Å²) in [6.07, 6.45) is 0. The highest BCUT2D eigenvalue weighted by molar-refractivity contribution is 9.11. The van der Waals surface area contributed by atoms with E-state index in [1.54, 1.807) is 23.6 Å². The number of aromatic nitrogens is 1. The number of rotatable bonds is 3.